The minimum atomic E-state index is -3.87. The Morgan fingerprint density at radius 3 is 1.43 bits per heavy atom. The van der Waals surface area contributed by atoms with Gasteiger partial charge in [-0.2, -0.15) is 0 Å². The molecule has 4 atom stereocenters. The highest BCUT2D eigenvalue weighted by molar-refractivity contribution is 7.52. The molecule has 0 aromatic rings. The topological polar surface area (TPSA) is 90.9 Å². The standard InChI is InChI=1S/C24H61O9PSi6/c1-35(2,3)27-20-24(31-38(10,11)12)23(30-37(7,8)9)22(29-36(4,5)6)21(28-24)19-26-34(25,32-39(13,14)15)33-40(16,17)18/h21-23H,19-20H2,1-18H3. The minimum absolute atomic E-state index is 0.0449. The first-order valence-electron chi connectivity index (χ1n) is 14.4. The van der Waals surface area contributed by atoms with Crippen molar-refractivity contribution in [1.29, 1.82) is 0 Å². The Kier molecular flexibility index (Phi) is 13.0. The van der Waals surface area contributed by atoms with E-state index in [9.17, 15) is 4.57 Å². The molecule has 0 bridgehead atoms. The van der Waals surface area contributed by atoms with Gasteiger partial charge in [0.25, 0.3) is 0 Å². The summed E-state index contributed by atoms with van der Waals surface area (Å²) in [5, 5.41) is 0. The second-order valence-electron chi connectivity index (χ2n) is 16.6. The van der Waals surface area contributed by atoms with E-state index in [2.05, 4.69) is 78.6 Å². The Labute approximate surface area is 252 Å². The van der Waals surface area contributed by atoms with Gasteiger partial charge < -0.3 is 30.9 Å². The van der Waals surface area contributed by atoms with E-state index in [0.29, 0.717) is 0 Å². The molecule has 240 valence electrons. The Morgan fingerprint density at radius 2 is 1.07 bits per heavy atom. The Morgan fingerprint density at radius 1 is 0.625 bits per heavy atom. The van der Waals surface area contributed by atoms with Crippen molar-refractivity contribution in [3.8, 4) is 0 Å². The molecule has 0 spiro atoms. The molecule has 0 aromatic carbocycles. The summed E-state index contributed by atoms with van der Waals surface area (Å²) in [6, 6.07) is 0. The molecule has 1 aliphatic rings. The second-order valence-corrected chi connectivity index (χ2v) is 45.5. The van der Waals surface area contributed by atoms with Crippen LogP contribution in [-0.2, 0) is 40.0 Å². The lowest BCUT2D eigenvalue weighted by Gasteiger charge is -2.43. The van der Waals surface area contributed by atoms with Crippen LogP contribution < -0.4 is 0 Å². The van der Waals surface area contributed by atoms with Crippen LogP contribution in [0.4, 0.5) is 0 Å². The highest BCUT2D eigenvalue weighted by atomic mass is 31.2. The van der Waals surface area contributed by atoms with Crippen LogP contribution in [0.15, 0.2) is 0 Å². The molecule has 1 fully saturated rings. The van der Waals surface area contributed by atoms with Gasteiger partial charge in [-0.25, -0.2) is 4.57 Å². The quantitative estimate of drug-likeness (QED) is 0.118. The number of hydrogen-bond donors (Lipinski definition) is 0. The fraction of sp³-hybridized carbons (Fsp3) is 1.00. The van der Waals surface area contributed by atoms with E-state index < -0.39 is 81.8 Å². The fourth-order valence-electron chi connectivity index (χ4n) is 4.02. The number of hydrogen-bond acceptors (Lipinski definition) is 9. The average molecular weight is 693 g/mol. The lowest BCUT2D eigenvalue weighted by molar-refractivity contribution is -0.229. The zero-order chi connectivity index (χ0) is 31.8. The van der Waals surface area contributed by atoms with Crippen molar-refractivity contribution in [2.24, 2.45) is 0 Å². The molecule has 0 amide bonds. The Bertz CT molecular complexity index is 849. The predicted octanol–water partition coefficient (Wildman–Crippen LogP) is 8.05. The van der Waals surface area contributed by atoms with E-state index >= 15 is 0 Å². The van der Waals surface area contributed by atoms with Crippen LogP contribution in [-0.4, -0.2) is 87.2 Å². The smallest absolute Gasteiger partial charge is 0.412 e. The van der Waals surface area contributed by atoms with Gasteiger partial charge in [0.15, 0.2) is 49.9 Å². The minimum Gasteiger partial charge on any atom is -0.412 e. The molecule has 0 N–H and O–H groups in total. The van der Waals surface area contributed by atoms with Crippen LogP contribution >= 0.6 is 7.82 Å². The van der Waals surface area contributed by atoms with Crippen LogP contribution in [0.2, 0.25) is 118 Å². The third-order valence-corrected chi connectivity index (χ3v) is 15.3. The van der Waals surface area contributed by atoms with E-state index in [1.807, 2.05) is 39.3 Å². The maximum Gasteiger partial charge on any atom is 0.455 e. The molecular weight excluding hydrogens is 632 g/mol. The van der Waals surface area contributed by atoms with Crippen LogP contribution in [0.25, 0.3) is 0 Å². The molecule has 4 unspecified atom stereocenters. The average Bonchev–Trinajstić information content (AvgIpc) is 2.83. The van der Waals surface area contributed by atoms with E-state index in [-0.39, 0.29) is 13.2 Å². The Balaban J connectivity index is 3.66. The van der Waals surface area contributed by atoms with Crippen molar-refractivity contribution >= 4 is 57.7 Å². The molecule has 0 radical (unpaired) electrons. The van der Waals surface area contributed by atoms with E-state index in [0.717, 1.165) is 0 Å². The van der Waals surface area contributed by atoms with Gasteiger partial charge >= 0.3 is 7.82 Å². The lowest BCUT2D eigenvalue weighted by atomic mass is 10.1. The maximum atomic E-state index is 14.0. The van der Waals surface area contributed by atoms with Crippen molar-refractivity contribution < 1.29 is 40.0 Å². The largest absolute Gasteiger partial charge is 0.455 e. The fourth-order valence-corrected chi connectivity index (χ4v) is 14.7. The summed E-state index contributed by atoms with van der Waals surface area (Å²) >= 11 is 0. The van der Waals surface area contributed by atoms with Crippen LogP contribution in [0.3, 0.4) is 0 Å². The van der Waals surface area contributed by atoms with Crippen molar-refractivity contribution in [2.45, 2.75) is 142 Å². The summed E-state index contributed by atoms with van der Waals surface area (Å²) in [5.74, 6) is -1.19. The Hall–Kier alpha value is 1.21. The molecule has 40 heavy (non-hydrogen) atoms. The van der Waals surface area contributed by atoms with Crippen molar-refractivity contribution in [2.75, 3.05) is 13.2 Å². The number of ether oxygens (including phenoxy) is 1. The maximum absolute atomic E-state index is 14.0. The van der Waals surface area contributed by atoms with Gasteiger partial charge in [0.2, 0.25) is 5.79 Å². The molecule has 1 saturated heterocycles. The van der Waals surface area contributed by atoms with Gasteiger partial charge in [-0.15, -0.1) is 0 Å². The van der Waals surface area contributed by atoms with Gasteiger partial charge in [0.05, 0.1) is 13.2 Å². The molecule has 1 heterocycles. The normalized spacial score (nSPS) is 26.0. The van der Waals surface area contributed by atoms with E-state index in [1.165, 1.54) is 0 Å². The number of rotatable bonds is 16. The highest BCUT2D eigenvalue weighted by Gasteiger charge is 2.61. The predicted molar refractivity (Wildman–Crippen MR) is 180 cm³/mol. The SMILES string of the molecule is C[Si](C)(C)OCC1(O[Si](C)(C)C)OC(COP(=O)(O[Si](C)(C)C)O[Si](C)(C)C)C(O[Si](C)(C)C)C1O[Si](C)(C)C. The van der Waals surface area contributed by atoms with Crippen molar-refractivity contribution in [3.05, 3.63) is 0 Å². The summed E-state index contributed by atoms with van der Waals surface area (Å²) in [4.78, 5) is 0. The molecule has 9 nitrogen and oxygen atoms in total. The monoisotopic (exact) mass is 692 g/mol. The third-order valence-electron chi connectivity index (χ3n) is 4.77. The lowest BCUT2D eigenvalue weighted by Crippen LogP contribution is -2.59. The first-order valence-corrected chi connectivity index (χ1v) is 36.3. The first kappa shape index (κ1) is 39.2. The summed E-state index contributed by atoms with van der Waals surface area (Å²) in [7, 11) is -16.8. The summed E-state index contributed by atoms with van der Waals surface area (Å²) in [6.07, 6.45) is -1.68. The molecule has 0 saturated carbocycles. The zero-order valence-corrected chi connectivity index (χ0v) is 35.7. The number of phosphoric acid groups is 1. The van der Waals surface area contributed by atoms with Crippen molar-refractivity contribution in [3.63, 3.8) is 0 Å². The van der Waals surface area contributed by atoms with Crippen LogP contribution in [0.5, 0.6) is 0 Å². The van der Waals surface area contributed by atoms with Crippen LogP contribution in [0, 0.1) is 0 Å². The molecular formula is C24H61O9PSi6. The summed E-state index contributed by atoms with van der Waals surface area (Å²) in [6.45, 7) is 37.7. The summed E-state index contributed by atoms with van der Waals surface area (Å²) in [5.41, 5.74) is 0. The molecule has 0 aromatic heterocycles. The highest BCUT2D eigenvalue weighted by Crippen LogP contribution is 2.55. The van der Waals surface area contributed by atoms with Crippen molar-refractivity contribution in [1.82, 2.24) is 0 Å². The molecule has 16 heteroatoms. The van der Waals surface area contributed by atoms with Gasteiger partial charge in [-0.3, -0.25) is 4.52 Å². The third kappa shape index (κ3) is 15.3. The van der Waals surface area contributed by atoms with Crippen LogP contribution in [0.1, 0.15) is 0 Å². The van der Waals surface area contributed by atoms with Gasteiger partial charge in [-0.1, -0.05) is 0 Å². The zero-order valence-electron chi connectivity index (χ0n) is 28.8. The molecule has 1 rings (SSSR count). The van der Waals surface area contributed by atoms with E-state index in [4.69, 9.17) is 35.4 Å². The molecule has 0 aliphatic carbocycles. The van der Waals surface area contributed by atoms with Gasteiger partial charge in [0.1, 0.15) is 18.3 Å². The first-order chi connectivity index (χ1) is 17.3. The van der Waals surface area contributed by atoms with E-state index in [1.54, 1.807) is 0 Å². The second kappa shape index (κ2) is 13.3. The van der Waals surface area contributed by atoms with Gasteiger partial charge in [0, 0.05) is 0 Å². The molecule has 1 aliphatic heterocycles. The summed E-state index contributed by atoms with van der Waals surface area (Å²) < 4.78 is 66.2. The van der Waals surface area contributed by atoms with Gasteiger partial charge in [-0.05, 0) is 118 Å².